The first-order valence-corrected chi connectivity index (χ1v) is 14.4. The van der Waals surface area contributed by atoms with Gasteiger partial charge in [0.05, 0.1) is 15.9 Å². The maximum atomic E-state index is 13.3. The molecule has 1 aliphatic heterocycles. The summed E-state index contributed by atoms with van der Waals surface area (Å²) < 4.78 is 0. The Balaban J connectivity index is 1.29. The van der Waals surface area contributed by atoms with Gasteiger partial charge in [-0.2, -0.15) is 0 Å². The molecule has 1 aromatic heterocycles. The summed E-state index contributed by atoms with van der Waals surface area (Å²) in [7, 11) is 0. The maximum absolute atomic E-state index is 13.3. The summed E-state index contributed by atoms with van der Waals surface area (Å²) in [6.07, 6.45) is 1.55. The Kier molecular flexibility index (Phi) is 8.55. The highest BCUT2D eigenvalue weighted by Gasteiger charge is 2.40. The number of thiophene rings is 1. The molecular weight excluding hydrogens is 576 g/mol. The molecule has 5 rings (SSSR count). The second-order valence-electron chi connectivity index (χ2n) is 9.03. The van der Waals surface area contributed by atoms with Crippen molar-refractivity contribution in [2.24, 2.45) is 0 Å². The maximum Gasteiger partial charge on any atom is 0.272 e. The number of nitro benzene ring substituents is 1. The zero-order chi connectivity index (χ0) is 29.6. The Morgan fingerprint density at radius 2 is 1.74 bits per heavy atom. The summed E-state index contributed by atoms with van der Waals surface area (Å²) in [5.74, 6) is -1.81. The largest absolute Gasteiger partial charge is 0.321 e. The fraction of sp³-hybridized carbons (Fsp3) is 0.0667. The smallest absolute Gasteiger partial charge is 0.272 e. The predicted octanol–water partition coefficient (Wildman–Crippen LogP) is 5.49. The number of nitrogens with zero attached hydrogens (tertiary/aromatic N) is 2. The second kappa shape index (κ2) is 12.6. The number of non-ortho nitro benzene ring substituents is 1. The number of nitro groups is 1. The van der Waals surface area contributed by atoms with Gasteiger partial charge >= 0.3 is 0 Å². The molecule has 42 heavy (non-hydrogen) atoms. The summed E-state index contributed by atoms with van der Waals surface area (Å²) in [5.41, 5.74) is 1.01. The minimum Gasteiger partial charge on any atom is -0.321 e. The first-order valence-electron chi connectivity index (χ1n) is 12.6. The first-order chi connectivity index (χ1) is 20.3. The molecule has 10 nitrogen and oxygen atoms in total. The molecule has 1 aliphatic rings. The van der Waals surface area contributed by atoms with Crippen molar-refractivity contribution >= 4 is 69.9 Å². The number of carbonyl (C=O) groups excluding carboxylic acids is 4. The third-order valence-electron chi connectivity index (χ3n) is 6.15. The molecule has 4 aromatic rings. The fourth-order valence-electron chi connectivity index (χ4n) is 4.16. The van der Waals surface area contributed by atoms with Gasteiger partial charge < -0.3 is 10.6 Å². The normalized spacial score (nSPS) is 15.0. The quantitative estimate of drug-likeness (QED) is 0.112. The van der Waals surface area contributed by atoms with Gasteiger partial charge in [0.25, 0.3) is 17.5 Å². The molecular formula is C30H22N4O6S2. The molecule has 0 saturated carbocycles. The number of benzene rings is 3. The van der Waals surface area contributed by atoms with E-state index in [0.717, 1.165) is 9.78 Å². The Morgan fingerprint density at radius 3 is 2.43 bits per heavy atom. The number of anilines is 2. The van der Waals surface area contributed by atoms with Crippen molar-refractivity contribution in [3.63, 3.8) is 0 Å². The van der Waals surface area contributed by atoms with Gasteiger partial charge in [0.1, 0.15) is 5.70 Å². The van der Waals surface area contributed by atoms with Gasteiger partial charge in [-0.3, -0.25) is 29.3 Å². The average Bonchev–Trinajstić information content (AvgIpc) is 3.60. The van der Waals surface area contributed by atoms with Gasteiger partial charge in [-0.05, 0) is 60.0 Å². The van der Waals surface area contributed by atoms with Crippen molar-refractivity contribution in [3.8, 4) is 0 Å². The van der Waals surface area contributed by atoms with Crippen LogP contribution in [-0.2, 0) is 14.4 Å². The standard InChI is InChI=1S/C30H22N4O6S2/c35-27-18-26(30(38)33(27)21-11-13-22(14-12-21)34(39)40)42-24-9-4-8-20(16-24)31-29(37)25(17-23-10-5-15-41-23)32-28(36)19-6-2-1-3-7-19/h1-17,26H,18H2,(H,31,37)(H,32,36)/b25-17-/t26-/m1/s1. The number of nitrogens with one attached hydrogen (secondary N) is 2. The molecule has 4 amide bonds. The number of amides is 4. The van der Waals surface area contributed by atoms with Crippen LogP contribution in [0, 0.1) is 10.1 Å². The molecule has 2 heterocycles. The lowest BCUT2D eigenvalue weighted by Gasteiger charge is -2.15. The molecule has 1 fully saturated rings. The Labute approximate surface area is 248 Å². The van der Waals surface area contributed by atoms with E-state index in [-0.39, 0.29) is 23.5 Å². The zero-order valence-electron chi connectivity index (χ0n) is 21.8. The Morgan fingerprint density at radius 1 is 0.976 bits per heavy atom. The monoisotopic (exact) mass is 598 g/mol. The summed E-state index contributed by atoms with van der Waals surface area (Å²) in [4.78, 5) is 64.7. The fourth-order valence-corrected chi connectivity index (χ4v) is 5.93. The molecule has 210 valence electrons. The number of thioether (sulfide) groups is 1. The van der Waals surface area contributed by atoms with Crippen molar-refractivity contribution < 1.29 is 24.1 Å². The van der Waals surface area contributed by atoms with Crippen LogP contribution in [0.5, 0.6) is 0 Å². The SMILES string of the molecule is O=C(Nc1cccc(S[C@@H]2CC(=O)N(c3ccc([N+](=O)[O-])cc3)C2=O)c1)/C(=C/c1cccs1)NC(=O)c1ccccc1. The third-order valence-corrected chi connectivity index (χ3v) is 8.15. The van der Waals surface area contributed by atoms with Gasteiger partial charge in [-0.15, -0.1) is 23.1 Å². The molecule has 1 saturated heterocycles. The summed E-state index contributed by atoms with van der Waals surface area (Å²) in [6.45, 7) is 0. The lowest BCUT2D eigenvalue weighted by molar-refractivity contribution is -0.384. The van der Waals surface area contributed by atoms with Crippen molar-refractivity contribution in [3.05, 3.63) is 123 Å². The minimum absolute atomic E-state index is 0.0453. The van der Waals surface area contributed by atoms with Crippen LogP contribution < -0.4 is 15.5 Å². The molecule has 2 N–H and O–H groups in total. The topological polar surface area (TPSA) is 139 Å². The predicted molar refractivity (Wildman–Crippen MR) is 161 cm³/mol. The highest BCUT2D eigenvalue weighted by molar-refractivity contribution is 8.00. The van der Waals surface area contributed by atoms with Crippen LogP contribution in [0.1, 0.15) is 21.7 Å². The van der Waals surface area contributed by atoms with E-state index in [2.05, 4.69) is 10.6 Å². The van der Waals surface area contributed by atoms with Gasteiger partial charge in [0.15, 0.2) is 0 Å². The zero-order valence-corrected chi connectivity index (χ0v) is 23.4. The second-order valence-corrected chi connectivity index (χ2v) is 11.3. The number of rotatable bonds is 9. The van der Waals surface area contributed by atoms with Gasteiger partial charge in [-0.1, -0.05) is 30.3 Å². The number of hydrogen-bond donors (Lipinski definition) is 2. The summed E-state index contributed by atoms with van der Waals surface area (Å²) in [5, 5.41) is 17.6. The molecule has 3 aromatic carbocycles. The molecule has 0 bridgehead atoms. The molecule has 1 atom stereocenters. The molecule has 12 heteroatoms. The van der Waals surface area contributed by atoms with Crippen molar-refractivity contribution in [2.75, 3.05) is 10.2 Å². The lowest BCUT2D eigenvalue weighted by atomic mass is 10.2. The summed E-state index contributed by atoms with van der Waals surface area (Å²) >= 11 is 2.59. The Bertz CT molecular complexity index is 1690. The summed E-state index contributed by atoms with van der Waals surface area (Å²) in [6, 6.07) is 24.2. The first kappa shape index (κ1) is 28.5. The van der Waals surface area contributed by atoms with Crippen LogP contribution in [0.3, 0.4) is 0 Å². The molecule has 0 unspecified atom stereocenters. The van der Waals surface area contributed by atoms with Gasteiger partial charge in [0, 0.05) is 39.6 Å². The van der Waals surface area contributed by atoms with Crippen LogP contribution in [0.4, 0.5) is 17.1 Å². The lowest BCUT2D eigenvalue weighted by Crippen LogP contribution is -2.31. The van der Waals surface area contributed by atoms with E-state index in [9.17, 15) is 29.3 Å². The van der Waals surface area contributed by atoms with E-state index in [1.165, 1.54) is 47.4 Å². The van der Waals surface area contributed by atoms with Crippen LogP contribution in [0.2, 0.25) is 0 Å². The highest BCUT2D eigenvalue weighted by atomic mass is 32.2. The van der Waals surface area contributed by atoms with Gasteiger partial charge in [0.2, 0.25) is 11.8 Å². The minimum atomic E-state index is -0.710. The van der Waals surface area contributed by atoms with E-state index in [1.54, 1.807) is 60.7 Å². The van der Waals surface area contributed by atoms with E-state index < -0.39 is 33.8 Å². The van der Waals surface area contributed by atoms with E-state index >= 15 is 0 Å². The van der Waals surface area contributed by atoms with E-state index in [4.69, 9.17) is 0 Å². The van der Waals surface area contributed by atoms with Crippen LogP contribution >= 0.6 is 23.1 Å². The van der Waals surface area contributed by atoms with Crippen LogP contribution in [-0.4, -0.2) is 33.8 Å². The Hall–Kier alpha value is -5.07. The van der Waals surface area contributed by atoms with E-state index in [0.29, 0.717) is 16.1 Å². The third kappa shape index (κ3) is 6.62. The molecule has 0 radical (unpaired) electrons. The average molecular weight is 599 g/mol. The number of imide groups is 1. The molecule has 0 aliphatic carbocycles. The number of hydrogen-bond acceptors (Lipinski definition) is 8. The van der Waals surface area contributed by atoms with Crippen molar-refractivity contribution in [2.45, 2.75) is 16.6 Å². The number of carbonyl (C=O) groups is 4. The van der Waals surface area contributed by atoms with Crippen molar-refractivity contribution in [1.29, 1.82) is 0 Å². The highest BCUT2D eigenvalue weighted by Crippen LogP contribution is 2.35. The van der Waals surface area contributed by atoms with Crippen LogP contribution in [0.15, 0.2) is 107 Å². The molecule has 0 spiro atoms. The van der Waals surface area contributed by atoms with Gasteiger partial charge in [-0.25, -0.2) is 4.90 Å². The van der Waals surface area contributed by atoms with Crippen molar-refractivity contribution in [1.82, 2.24) is 5.32 Å². The van der Waals surface area contributed by atoms with E-state index in [1.807, 2.05) is 17.5 Å². The van der Waals surface area contributed by atoms with Crippen LogP contribution in [0.25, 0.3) is 6.08 Å².